The molecule has 0 unspecified atom stereocenters. The van der Waals surface area contributed by atoms with Gasteiger partial charge in [-0.05, 0) is 42.4 Å². The van der Waals surface area contributed by atoms with Crippen molar-refractivity contribution < 1.29 is 9.84 Å². The van der Waals surface area contributed by atoms with E-state index in [9.17, 15) is 0 Å². The Morgan fingerprint density at radius 1 is 1.16 bits per heavy atom. The molecule has 100 valence electrons. The molecular weight excluding hydrogens is 262 g/mol. The van der Waals surface area contributed by atoms with Crippen molar-refractivity contribution in [3.05, 3.63) is 58.6 Å². The molecule has 0 heterocycles. The summed E-state index contributed by atoms with van der Waals surface area (Å²) in [6.07, 6.45) is 0. The van der Waals surface area contributed by atoms with Crippen molar-refractivity contribution >= 4 is 11.6 Å². The Bertz CT molecular complexity index is 558. The highest BCUT2D eigenvalue weighted by Crippen LogP contribution is 2.27. The molecule has 2 rings (SSSR count). The molecule has 0 aliphatic heterocycles. The van der Waals surface area contributed by atoms with Gasteiger partial charge in [0.05, 0.1) is 6.61 Å². The van der Waals surface area contributed by atoms with Crippen molar-refractivity contribution in [1.29, 1.82) is 0 Å². The number of halogens is 1. The first kappa shape index (κ1) is 13.9. The number of hydrogen-bond donors (Lipinski definition) is 2. The van der Waals surface area contributed by atoms with E-state index in [4.69, 9.17) is 21.4 Å². The van der Waals surface area contributed by atoms with Gasteiger partial charge in [0.25, 0.3) is 0 Å². The molecule has 0 fully saturated rings. The Labute approximate surface area is 117 Å². The second kappa shape index (κ2) is 6.57. The molecule has 0 amide bonds. The summed E-state index contributed by atoms with van der Waals surface area (Å²) in [5, 5.41) is 12.8. The highest BCUT2D eigenvalue weighted by atomic mass is 35.5. The zero-order valence-corrected chi connectivity index (χ0v) is 11.4. The lowest BCUT2D eigenvalue weighted by Crippen LogP contribution is -2.05. The molecule has 0 atom stereocenters. The molecule has 0 spiro atoms. The summed E-state index contributed by atoms with van der Waals surface area (Å²) in [6.45, 7) is 0.720. The third kappa shape index (κ3) is 3.70. The fourth-order valence-corrected chi connectivity index (χ4v) is 2.01. The van der Waals surface area contributed by atoms with E-state index in [0.717, 1.165) is 17.7 Å². The van der Waals surface area contributed by atoms with Crippen LogP contribution in [0.4, 0.5) is 0 Å². The quantitative estimate of drug-likeness (QED) is 0.881. The summed E-state index contributed by atoms with van der Waals surface area (Å²) in [5.41, 5.74) is 1.84. The van der Waals surface area contributed by atoms with Crippen molar-refractivity contribution in [3.8, 4) is 11.5 Å². The first-order valence-electron chi connectivity index (χ1n) is 6.03. The van der Waals surface area contributed by atoms with E-state index in [1.165, 1.54) is 0 Å². The number of aliphatic hydroxyl groups is 1. The van der Waals surface area contributed by atoms with Crippen molar-refractivity contribution in [2.45, 2.75) is 13.2 Å². The first-order chi connectivity index (χ1) is 9.22. The van der Waals surface area contributed by atoms with E-state index in [1.807, 2.05) is 37.4 Å². The molecular formula is C15H16ClNO2. The van der Waals surface area contributed by atoms with Crippen LogP contribution in [0.25, 0.3) is 0 Å². The monoisotopic (exact) mass is 277 g/mol. The van der Waals surface area contributed by atoms with Crippen molar-refractivity contribution in [2.24, 2.45) is 0 Å². The predicted molar refractivity (Wildman–Crippen MR) is 76.7 cm³/mol. The molecule has 0 aliphatic rings. The molecule has 3 nitrogen and oxygen atoms in total. The van der Waals surface area contributed by atoms with Crippen LogP contribution in [0.1, 0.15) is 11.1 Å². The Morgan fingerprint density at radius 3 is 2.63 bits per heavy atom. The summed E-state index contributed by atoms with van der Waals surface area (Å²) < 4.78 is 5.72. The molecule has 0 aliphatic carbocycles. The lowest BCUT2D eigenvalue weighted by atomic mass is 10.2. The molecule has 2 aromatic rings. The van der Waals surface area contributed by atoms with Crippen molar-refractivity contribution in [3.63, 3.8) is 0 Å². The van der Waals surface area contributed by atoms with Gasteiger partial charge in [-0.1, -0.05) is 29.8 Å². The van der Waals surface area contributed by atoms with Gasteiger partial charge in [-0.25, -0.2) is 0 Å². The highest BCUT2D eigenvalue weighted by Gasteiger charge is 2.03. The van der Waals surface area contributed by atoms with Crippen LogP contribution in [0.15, 0.2) is 42.5 Å². The normalized spacial score (nSPS) is 10.5. The standard InChI is InChI=1S/C15H16ClNO2/c1-17-9-12-5-6-14(8-15(12)16)19-13-4-2-3-11(7-13)10-18/h2-8,17-18H,9-10H2,1H3. The SMILES string of the molecule is CNCc1ccc(Oc2cccc(CO)c2)cc1Cl. The Hall–Kier alpha value is -1.55. The predicted octanol–water partition coefficient (Wildman–Crippen LogP) is 3.34. The van der Waals surface area contributed by atoms with Gasteiger partial charge in [0.2, 0.25) is 0 Å². The molecule has 2 aromatic carbocycles. The summed E-state index contributed by atoms with van der Waals surface area (Å²) in [7, 11) is 1.88. The molecule has 2 N–H and O–H groups in total. The van der Waals surface area contributed by atoms with Gasteiger partial charge in [0.1, 0.15) is 11.5 Å². The Kier molecular flexibility index (Phi) is 4.80. The van der Waals surface area contributed by atoms with Crippen LogP contribution in [0, 0.1) is 0 Å². The minimum atomic E-state index is -0.000929. The highest BCUT2D eigenvalue weighted by molar-refractivity contribution is 6.31. The molecule has 0 radical (unpaired) electrons. The number of nitrogens with one attached hydrogen (secondary N) is 1. The van der Waals surface area contributed by atoms with Crippen LogP contribution >= 0.6 is 11.6 Å². The summed E-state index contributed by atoms with van der Waals surface area (Å²) >= 11 is 6.17. The van der Waals surface area contributed by atoms with E-state index in [2.05, 4.69) is 5.32 Å². The minimum absolute atomic E-state index is 0.000929. The van der Waals surface area contributed by atoms with Crippen molar-refractivity contribution in [1.82, 2.24) is 5.32 Å². The fraction of sp³-hybridized carbons (Fsp3) is 0.200. The van der Waals surface area contributed by atoms with Gasteiger partial charge >= 0.3 is 0 Å². The van der Waals surface area contributed by atoms with Gasteiger partial charge in [-0.3, -0.25) is 0 Å². The molecule has 0 aromatic heterocycles. The smallest absolute Gasteiger partial charge is 0.128 e. The summed E-state index contributed by atoms with van der Waals surface area (Å²) in [4.78, 5) is 0. The second-order valence-corrected chi connectivity index (χ2v) is 4.60. The van der Waals surface area contributed by atoms with E-state index >= 15 is 0 Å². The zero-order valence-electron chi connectivity index (χ0n) is 10.7. The number of hydrogen-bond acceptors (Lipinski definition) is 3. The van der Waals surface area contributed by atoms with Crippen LogP contribution in [-0.4, -0.2) is 12.2 Å². The zero-order chi connectivity index (χ0) is 13.7. The molecule has 0 bridgehead atoms. The van der Waals surface area contributed by atoms with E-state index in [-0.39, 0.29) is 6.61 Å². The summed E-state index contributed by atoms with van der Waals surface area (Å²) in [6, 6.07) is 12.9. The minimum Gasteiger partial charge on any atom is -0.457 e. The molecule has 0 saturated heterocycles. The number of ether oxygens (including phenoxy) is 1. The first-order valence-corrected chi connectivity index (χ1v) is 6.41. The van der Waals surface area contributed by atoms with Gasteiger partial charge in [0, 0.05) is 11.6 Å². The van der Waals surface area contributed by atoms with Crippen LogP contribution in [0.2, 0.25) is 5.02 Å². The van der Waals surface area contributed by atoms with Crippen LogP contribution in [-0.2, 0) is 13.2 Å². The topological polar surface area (TPSA) is 41.5 Å². The largest absolute Gasteiger partial charge is 0.457 e. The Morgan fingerprint density at radius 2 is 1.95 bits per heavy atom. The lowest BCUT2D eigenvalue weighted by molar-refractivity contribution is 0.281. The average Bonchev–Trinajstić information content (AvgIpc) is 2.42. The van der Waals surface area contributed by atoms with Gasteiger partial charge < -0.3 is 15.2 Å². The molecule has 19 heavy (non-hydrogen) atoms. The maximum Gasteiger partial charge on any atom is 0.128 e. The van der Waals surface area contributed by atoms with Gasteiger partial charge in [0.15, 0.2) is 0 Å². The number of rotatable bonds is 5. The summed E-state index contributed by atoms with van der Waals surface area (Å²) in [5.74, 6) is 1.36. The molecule has 4 heteroatoms. The third-order valence-corrected chi connectivity index (χ3v) is 3.06. The van der Waals surface area contributed by atoms with Gasteiger partial charge in [-0.15, -0.1) is 0 Å². The molecule has 0 saturated carbocycles. The van der Waals surface area contributed by atoms with Crippen molar-refractivity contribution in [2.75, 3.05) is 7.05 Å². The third-order valence-electron chi connectivity index (χ3n) is 2.71. The lowest BCUT2D eigenvalue weighted by Gasteiger charge is -2.09. The van der Waals surface area contributed by atoms with E-state index < -0.39 is 0 Å². The van der Waals surface area contributed by atoms with Crippen LogP contribution in [0.5, 0.6) is 11.5 Å². The maximum absolute atomic E-state index is 9.08. The Balaban J connectivity index is 2.16. The van der Waals surface area contributed by atoms with E-state index in [1.54, 1.807) is 12.1 Å². The second-order valence-electron chi connectivity index (χ2n) is 4.19. The fourth-order valence-electron chi connectivity index (χ4n) is 1.77. The average molecular weight is 278 g/mol. The number of aliphatic hydroxyl groups excluding tert-OH is 1. The number of benzene rings is 2. The van der Waals surface area contributed by atoms with Gasteiger partial charge in [-0.2, -0.15) is 0 Å². The van der Waals surface area contributed by atoms with Crippen LogP contribution < -0.4 is 10.1 Å². The maximum atomic E-state index is 9.08. The van der Waals surface area contributed by atoms with Crippen LogP contribution in [0.3, 0.4) is 0 Å². The van der Waals surface area contributed by atoms with E-state index in [0.29, 0.717) is 16.5 Å².